The normalized spacial score (nSPS) is 13.5. The van der Waals surface area contributed by atoms with E-state index in [0.717, 1.165) is 27.7 Å². The highest BCUT2D eigenvalue weighted by Crippen LogP contribution is 2.29. The lowest BCUT2D eigenvalue weighted by molar-refractivity contribution is 0.963. The predicted octanol–water partition coefficient (Wildman–Crippen LogP) is 4.49. The van der Waals surface area contributed by atoms with Crippen LogP contribution >= 0.6 is 35.7 Å². The van der Waals surface area contributed by atoms with E-state index < -0.39 is 0 Å². The fourth-order valence-electron chi connectivity index (χ4n) is 1.98. The van der Waals surface area contributed by atoms with Gasteiger partial charge in [-0.1, -0.05) is 29.9 Å². The summed E-state index contributed by atoms with van der Waals surface area (Å²) in [7, 11) is 0. The Balaban J connectivity index is 1.75. The van der Waals surface area contributed by atoms with Crippen LogP contribution in [0.2, 0.25) is 0 Å². The molecule has 19 heavy (non-hydrogen) atoms. The molecule has 1 aliphatic rings. The summed E-state index contributed by atoms with van der Waals surface area (Å²) < 4.78 is 0.776. The van der Waals surface area contributed by atoms with Gasteiger partial charge in [-0.15, -0.1) is 11.8 Å². The number of aromatic amines is 1. The molecule has 3 rings (SSSR count). The molecule has 1 aromatic carbocycles. The molecule has 0 radical (unpaired) electrons. The summed E-state index contributed by atoms with van der Waals surface area (Å²) >= 11 is 9.05. The largest absolute Gasteiger partial charge is 0.345 e. The lowest BCUT2D eigenvalue weighted by Gasteiger charge is -2.05. The average Bonchev–Trinajstić information content (AvgIpc) is 2.87. The zero-order chi connectivity index (χ0) is 13.2. The van der Waals surface area contributed by atoms with Crippen molar-refractivity contribution < 1.29 is 0 Å². The summed E-state index contributed by atoms with van der Waals surface area (Å²) in [5.74, 6) is 3.86. The number of aromatic nitrogens is 2. The topological polar surface area (TPSA) is 28.7 Å². The molecular weight excluding hydrogens is 292 g/mol. The summed E-state index contributed by atoms with van der Waals surface area (Å²) in [6, 6.07) is 8.57. The molecule has 0 aliphatic carbocycles. The van der Waals surface area contributed by atoms with Gasteiger partial charge in [-0.05, 0) is 19.1 Å². The summed E-state index contributed by atoms with van der Waals surface area (Å²) in [6.45, 7) is 2.10. The van der Waals surface area contributed by atoms with E-state index in [1.54, 1.807) is 11.8 Å². The molecule has 2 aromatic rings. The zero-order valence-electron chi connectivity index (χ0n) is 10.6. The van der Waals surface area contributed by atoms with Crippen molar-refractivity contribution in [1.82, 2.24) is 9.97 Å². The van der Waals surface area contributed by atoms with E-state index in [-0.39, 0.29) is 0 Å². The van der Waals surface area contributed by atoms with Crippen LogP contribution in [0, 0.1) is 11.6 Å². The maximum atomic E-state index is 5.36. The Morgan fingerprint density at radius 1 is 1.32 bits per heavy atom. The van der Waals surface area contributed by atoms with Gasteiger partial charge in [-0.25, -0.2) is 4.98 Å². The fraction of sp³-hybridized carbons (Fsp3) is 0.286. The molecule has 0 saturated heterocycles. The number of aryl methyl sites for hydroxylation is 1. The van der Waals surface area contributed by atoms with Crippen LogP contribution in [0.5, 0.6) is 0 Å². The zero-order valence-corrected chi connectivity index (χ0v) is 13.1. The van der Waals surface area contributed by atoms with Gasteiger partial charge in [0.25, 0.3) is 0 Å². The van der Waals surface area contributed by atoms with E-state index in [2.05, 4.69) is 41.2 Å². The first kappa shape index (κ1) is 13.2. The second kappa shape index (κ2) is 5.69. The lowest BCUT2D eigenvalue weighted by atomic mass is 10.2. The second-order valence-electron chi connectivity index (χ2n) is 4.54. The van der Waals surface area contributed by atoms with Crippen LogP contribution in [0.25, 0.3) is 0 Å². The first-order chi connectivity index (χ1) is 9.22. The van der Waals surface area contributed by atoms with Crippen LogP contribution in [0.15, 0.2) is 29.2 Å². The van der Waals surface area contributed by atoms with Gasteiger partial charge in [0.1, 0.15) is 10.5 Å². The molecule has 1 aromatic heterocycles. The number of H-pyrrole nitrogens is 1. The van der Waals surface area contributed by atoms with Gasteiger partial charge in [0, 0.05) is 27.7 Å². The Hall–Kier alpha value is -0.780. The highest BCUT2D eigenvalue weighted by Gasteiger charge is 2.15. The van der Waals surface area contributed by atoms with Gasteiger partial charge in [-0.3, -0.25) is 0 Å². The Kier molecular flexibility index (Phi) is 3.96. The molecule has 0 bridgehead atoms. The van der Waals surface area contributed by atoms with Gasteiger partial charge >= 0.3 is 0 Å². The minimum absolute atomic E-state index is 0.776. The van der Waals surface area contributed by atoms with Gasteiger partial charge in [0.15, 0.2) is 0 Å². The number of thioether (sulfide) groups is 2. The first-order valence-electron chi connectivity index (χ1n) is 6.10. The smallest absolute Gasteiger partial charge is 0.134 e. The molecule has 1 aliphatic heterocycles. The fourth-order valence-corrected chi connectivity index (χ4v) is 4.21. The molecule has 0 spiro atoms. The van der Waals surface area contributed by atoms with Crippen molar-refractivity contribution in [2.24, 2.45) is 0 Å². The summed E-state index contributed by atoms with van der Waals surface area (Å²) in [5.41, 5.74) is 3.78. The molecule has 0 atom stereocenters. The Morgan fingerprint density at radius 3 is 2.89 bits per heavy atom. The van der Waals surface area contributed by atoms with Crippen molar-refractivity contribution in [3.05, 3.63) is 51.6 Å². The molecule has 2 nitrogen and oxygen atoms in total. The number of fused-ring (bicyclic) bond motifs is 1. The minimum Gasteiger partial charge on any atom is -0.345 e. The van der Waals surface area contributed by atoms with Crippen molar-refractivity contribution in [2.75, 3.05) is 0 Å². The van der Waals surface area contributed by atoms with Crippen LogP contribution in [0.4, 0.5) is 0 Å². The van der Waals surface area contributed by atoms with Crippen molar-refractivity contribution in [2.45, 2.75) is 29.1 Å². The molecule has 0 unspecified atom stereocenters. The van der Waals surface area contributed by atoms with Crippen molar-refractivity contribution in [3.8, 4) is 0 Å². The van der Waals surface area contributed by atoms with Crippen molar-refractivity contribution in [1.29, 1.82) is 0 Å². The molecule has 0 amide bonds. The third-order valence-electron chi connectivity index (χ3n) is 3.04. The summed E-state index contributed by atoms with van der Waals surface area (Å²) in [6.07, 6.45) is 0. The number of nitrogens with zero attached hydrogens (tertiary/aromatic N) is 1. The Morgan fingerprint density at radius 2 is 2.11 bits per heavy atom. The average molecular weight is 306 g/mol. The van der Waals surface area contributed by atoms with Crippen LogP contribution < -0.4 is 0 Å². The van der Waals surface area contributed by atoms with Crippen LogP contribution in [0.3, 0.4) is 0 Å². The van der Waals surface area contributed by atoms with Crippen LogP contribution in [-0.4, -0.2) is 9.97 Å². The maximum Gasteiger partial charge on any atom is 0.134 e. The maximum absolute atomic E-state index is 5.36. The Bertz CT molecular complexity index is 647. The van der Waals surface area contributed by atoms with E-state index in [1.807, 2.05) is 11.8 Å². The number of hydrogen-bond acceptors (Lipinski definition) is 4. The molecular formula is C14H14N2S3. The van der Waals surface area contributed by atoms with Gasteiger partial charge in [0.2, 0.25) is 0 Å². The molecule has 1 N–H and O–H groups in total. The van der Waals surface area contributed by atoms with Crippen LogP contribution in [0.1, 0.15) is 22.6 Å². The molecule has 5 heteroatoms. The number of hydrogen-bond donors (Lipinski definition) is 1. The highest BCUT2D eigenvalue weighted by atomic mass is 32.2. The summed E-state index contributed by atoms with van der Waals surface area (Å²) in [4.78, 5) is 9.20. The standard InChI is InChI=1S/C14H14N2S3/c1-9-2-4-10(5-3-9)19-8-13-15-12-7-18-6-11(12)14(17)16-13/h2-5H,6-8H2,1H3,(H,15,16,17). The minimum atomic E-state index is 0.776. The molecule has 98 valence electrons. The monoisotopic (exact) mass is 306 g/mol. The first-order valence-corrected chi connectivity index (χ1v) is 8.65. The van der Waals surface area contributed by atoms with Gasteiger partial charge in [0.05, 0.1) is 5.75 Å². The van der Waals surface area contributed by atoms with E-state index in [1.165, 1.54) is 21.7 Å². The number of rotatable bonds is 3. The Labute approximate surface area is 126 Å². The summed E-state index contributed by atoms with van der Waals surface area (Å²) in [5, 5.41) is 0. The quantitative estimate of drug-likeness (QED) is 0.668. The van der Waals surface area contributed by atoms with Crippen molar-refractivity contribution in [3.63, 3.8) is 0 Å². The predicted molar refractivity (Wildman–Crippen MR) is 85.2 cm³/mol. The van der Waals surface area contributed by atoms with Gasteiger partial charge < -0.3 is 4.98 Å². The highest BCUT2D eigenvalue weighted by molar-refractivity contribution is 7.98. The van der Waals surface area contributed by atoms with Gasteiger partial charge in [-0.2, -0.15) is 11.8 Å². The van der Waals surface area contributed by atoms with Crippen LogP contribution in [-0.2, 0) is 17.3 Å². The van der Waals surface area contributed by atoms with Crippen molar-refractivity contribution >= 4 is 35.7 Å². The number of benzene rings is 1. The molecule has 0 saturated carbocycles. The second-order valence-corrected chi connectivity index (χ2v) is 6.96. The number of nitrogens with one attached hydrogen (secondary N) is 1. The molecule has 2 heterocycles. The SMILES string of the molecule is Cc1ccc(SCc2nc(=S)c3c([nH]2)CSC3)cc1. The van der Waals surface area contributed by atoms with E-state index in [4.69, 9.17) is 12.2 Å². The van der Waals surface area contributed by atoms with E-state index in [0.29, 0.717) is 0 Å². The van der Waals surface area contributed by atoms with E-state index >= 15 is 0 Å². The third kappa shape index (κ3) is 3.04. The lowest BCUT2D eigenvalue weighted by Crippen LogP contribution is -1.99. The van der Waals surface area contributed by atoms with E-state index in [9.17, 15) is 0 Å². The molecule has 0 fully saturated rings. The third-order valence-corrected chi connectivity index (χ3v) is 5.39.